The SMILES string of the molecule is COc1ccccc1OC[C@@H](C)NC(=O)Cc1ccc(F)cc1. The van der Waals surface area contributed by atoms with Crippen LogP contribution in [0.15, 0.2) is 48.5 Å². The van der Waals surface area contributed by atoms with Crippen molar-refractivity contribution in [1.82, 2.24) is 5.32 Å². The van der Waals surface area contributed by atoms with Crippen LogP contribution in [0.25, 0.3) is 0 Å². The van der Waals surface area contributed by atoms with Gasteiger partial charge in [-0.1, -0.05) is 24.3 Å². The molecule has 2 rings (SSSR count). The van der Waals surface area contributed by atoms with Crippen LogP contribution in [0.1, 0.15) is 12.5 Å². The van der Waals surface area contributed by atoms with Crippen LogP contribution in [0.2, 0.25) is 0 Å². The molecular formula is C18H20FNO3. The lowest BCUT2D eigenvalue weighted by molar-refractivity contribution is -0.121. The lowest BCUT2D eigenvalue weighted by Crippen LogP contribution is -2.37. The van der Waals surface area contributed by atoms with Crippen molar-refractivity contribution in [2.24, 2.45) is 0 Å². The van der Waals surface area contributed by atoms with Crippen LogP contribution in [-0.4, -0.2) is 25.7 Å². The largest absolute Gasteiger partial charge is 0.493 e. The molecule has 0 aromatic heterocycles. The third kappa shape index (κ3) is 5.29. The first kappa shape index (κ1) is 16.8. The highest BCUT2D eigenvalue weighted by Crippen LogP contribution is 2.25. The van der Waals surface area contributed by atoms with Crippen molar-refractivity contribution in [3.05, 3.63) is 59.9 Å². The van der Waals surface area contributed by atoms with Crippen molar-refractivity contribution < 1.29 is 18.7 Å². The van der Waals surface area contributed by atoms with E-state index in [1.807, 2.05) is 31.2 Å². The van der Waals surface area contributed by atoms with Crippen LogP contribution in [0.4, 0.5) is 4.39 Å². The second-order valence-electron chi connectivity index (χ2n) is 5.23. The normalized spacial score (nSPS) is 11.6. The van der Waals surface area contributed by atoms with Gasteiger partial charge in [-0.3, -0.25) is 4.79 Å². The molecule has 0 aliphatic carbocycles. The predicted octanol–water partition coefficient (Wildman–Crippen LogP) is 2.96. The summed E-state index contributed by atoms with van der Waals surface area (Å²) in [5.74, 6) is 0.840. The fourth-order valence-corrected chi connectivity index (χ4v) is 2.11. The molecule has 1 atom stereocenters. The minimum absolute atomic E-state index is 0.132. The summed E-state index contributed by atoms with van der Waals surface area (Å²) in [6.07, 6.45) is 0.208. The standard InChI is InChI=1S/C18H20FNO3/c1-13(12-23-17-6-4-3-5-16(17)22-2)20-18(21)11-14-7-9-15(19)10-8-14/h3-10,13H,11-12H2,1-2H3,(H,20,21)/t13-/m1/s1. The number of methoxy groups -OCH3 is 1. The second kappa shape index (κ2) is 8.17. The zero-order valence-electron chi connectivity index (χ0n) is 13.2. The molecule has 122 valence electrons. The molecule has 0 unspecified atom stereocenters. The Labute approximate surface area is 135 Å². The molecule has 2 aromatic carbocycles. The summed E-state index contributed by atoms with van der Waals surface area (Å²) < 4.78 is 23.7. The lowest BCUT2D eigenvalue weighted by atomic mass is 10.1. The minimum Gasteiger partial charge on any atom is -0.493 e. The molecule has 1 amide bonds. The molecule has 0 aliphatic rings. The summed E-state index contributed by atoms with van der Waals surface area (Å²) in [7, 11) is 1.58. The van der Waals surface area contributed by atoms with Gasteiger partial charge < -0.3 is 14.8 Å². The highest BCUT2D eigenvalue weighted by atomic mass is 19.1. The molecule has 1 N–H and O–H groups in total. The van der Waals surface area contributed by atoms with Crippen LogP contribution in [-0.2, 0) is 11.2 Å². The Balaban J connectivity index is 1.81. The summed E-state index contributed by atoms with van der Waals surface area (Å²) in [6, 6.07) is 13.1. The first-order valence-corrected chi connectivity index (χ1v) is 7.38. The first-order valence-electron chi connectivity index (χ1n) is 7.38. The Morgan fingerprint density at radius 3 is 2.43 bits per heavy atom. The van der Waals surface area contributed by atoms with E-state index in [-0.39, 0.29) is 24.2 Å². The summed E-state index contributed by atoms with van der Waals surface area (Å²) in [4.78, 5) is 12.0. The van der Waals surface area contributed by atoms with Crippen LogP contribution in [0.3, 0.4) is 0 Å². The van der Waals surface area contributed by atoms with Gasteiger partial charge in [-0.05, 0) is 36.8 Å². The van der Waals surface area contributed by atoms with Crippen LogP contribution >= 0.6 is 0 Å². The second-order valence-corrected chi connectivity index (χ2v) is 5.23. The van der Waals surface area contributed by atoms with Gasteiger partial charge in [0.2, 0.25) is 5.91 Å². The van der Waals surface area contributed by atoms with E-state index in [4.69, 9.17) is 9.47 Å². The van der Waals surface area contributed by atoms with Crippen LogP contribution in [0, 0.1) is 5.82 Å². The third-order valence-corrected chi connectivity index (χ3v) is 3.24. The Hall–Kier alpha value is -2.56. The molecule has 0 aliphatic heterocycles. The number of nitrogens with one attached hydrogen (secondary N) is 1. The number of hydrogen-bond donors (Lipinski definition) is 1. The molecule has 0 spiro atoms. The zero-order chi connectivity index (χ0) is 16.7. The van der Waals surface area contributed by atoms with E-state index >= 15 is 0 Å². The number of para-hydroxylation sites is 2. The Morgan fingerprint density at radius 2 is 1.78 bits per heavy atom. The van der Waals surface area contributed by atoms with Gasteiger partial charge in [0.25, 0.3) is 0 Å². The van der Waals surface area contributed by atoms with Gasteiger partial charge in [0.15, 0.2) is 11.5 Å². The minimum atomic E-state index is -0.312. The fourth-order valence-electron chi connectivity index (χ4n) is 2.11. The van der Waals surface area contributed by atoms with Crippen LogP contribution < -0.4 is 14.8 Å². The number of hydrogen-bond acceptors (Lipinski definition) is 3. The van der Waals surface area contributed by atoms with Gasteiger partial charge in [-0.2, -0.15) is 0 Å². The number of rotatable bonds is 7. The number of carbonyl (C=O) groups is 1. The molecule has 0 fully saturated rings. The van der Waals surface area contributed by atoms with Gasteiger partial charge in [0, 0.05) is 0 Å². The lowest BCUT2D eigenvalue weighted by Gasteiger charge is -2.16. The fraction of sp³-hybridized carbons (Fsp3) is 0.278. The topological polar surface area (TPSA) is 47.6 Å². The van der Waals surface area contributed by atoms with Crippen molar-refractivity contribution in [1.29, 1.82) is 0 Å². The molecule has 0 saturated carbocycles. The molecule has 2 aromatic rings. The van der Waals surface area contributed by atoms with E-state index < -0.39 is 0 Å². The van der Waals surface area contributed by atoms with E-state index in [2.05, 4.69) is 5.32 Å². The Kier molecular flexibility index (Phi) is 5.97. The molecule has 0 radical (unpaired) electrons. The maximum Gasteiger partial charge on any atom is 0.224 e. The maximum absolute atomic E-state index is 12.8. The van der Waals surface area contributed by atoms with E-state index in [0.29, 0.717) is 18.1 Å². The average Bonchev–Trinajstić information content (AvgIpc) is 2.55. The Bertz CT molecular complexity index is 643. The first-order chi connectivity index (χ1) is 11.1. The van der Waals surface area contributed by atoms with Crippen molar-refractivity contribution in [3.8, 4) is 11.5 Å². The number of amides is 1. The van der Waals surface area contributed by atoms with Gasteiger partial charge in [0.05, 0.1) is 19.6 Å². The van der Waals surface area contributed by atoms with Crippen molar-refractivity contribution in [3.63, 3.8) is 0 Å². The number of carbonyl (C=O) groups excluding carboxylic acids is 1. The smallest absolute Gasteiger partial charge is 0.224 e. The molecular weight excluding hydrogens is 297 g/mol. The van der Waals surface area contributed by atoms with Gasteiger partial charge in [0.1, 0.15) is 12.4 Å². The van der Waals surface area contributed by atoms with Gasteiger partial charge >= 0.3 is 0 Å². The van der Waals surface area contributed by atoms with Gasteiger partial charge in [-0.15, -0.1) is 0 Å². The summed E-state index contributed by atoms with van der Waals surface area (Å²) in [5.41, 5.74) is 0.766. The zero-order valence-corrected chi connectivity index (χ0v) is 13.2. The van der Waals surface area contributed by atoms with E-state index in [0.717, 1.165) is 5.56 Å². The average molecular weight is 317 g/mol. The van der Waals surface area contributed by atoms with E-state index in [9.17, 15) is 9.18 Å². The van der Waals surface area contributed by atoms with E-state index in [1.165, 1.54) is 12.1 Å². The molecule has 23 heavy (non-hydrogen) atoms. The molecule has 0 bridgehead atoms. The van der Waals surface area contributed by atoms with E-state index in [1.54, 1.807) is 19.2 Å². The summed E-state index contributed by atoms with van der Waals surface area (Å²) in [5, 5.41) is 2.85. The summed E-state index contributed by atoms with van der Waals surface area (Å²) >= 11 is 0. The monoisotopic (exact) mass is 317 g/mol. The number of benzene rings is 2. The molecule has 0 heterocycles. The molecule has 4 nitrogen and oxygen atoms in total. The quantitative estimate of drug-likeness (QED) is 0.854. The number of ether oxygens (including phenoxy) is 2. The highest BCUT2D eigenvalue weighted by molar-refractivity contribution is 5.78. The third-order valence-electron chi connectivity index (χ3n) is 3.24. The summed E-state index contributed by atoms with van der Waals surface area (Å²) in [6.45, 7) is 2.19. The van der Waals surface area contributed by atoms with Crippen LogP contribution in [0.5, 0.6) is 11.5 Å². The van der Waals surface area contributed by atoms with Crippen molar-refractivity contribution in [2.75, 3.05) is 13.7 Å². The van der Waals surface area contributed by atoms with Crippen molar-refractivity contribution in [2.45, 2.75) is 19.4 Å². The molecule has 5 heteroatoms. The maximum atomic E-state index is 12.8. The predicted molar refractivity (Wildman–Crippen MR) is 86.2 cm³/mol. The number of halogens is 1. The highest BCUT2D eigenvalue weighted by Gasteiger charge is 2.10. The van der Waals surface area contributed by atoms with Crippen molar-refractivity contribution >= 4 is 5.91 Å². The Morgan fingerprint density at radius 1 is 1.13 bits per heavy atom. The molecule has 0 saturated heterocycles. The van der Waals surface area contributed by atoms with Gasteiger partial charge in [-0.25, -0.2) is 4.39 Å².